The first kappa shape index (κ1) is 16.1. The summed E-state index contributed by atoms with van der Waals surface area (Å²) in [7, 11) is 1.92. The van der Waals surface area contributed by atoms with Gasteiger partial charge in [0.1, 0.15) is 18.4 Å². The number of carbonyl (C=O) groups is 1. The maximum atomic E-state index is 12.7. The fourth-order valence-electron chi connectivity index (χ4n) is 3.10. The molecule has 0 aliphatic carbocycles. The summed E-state index contributed by atoms with van der Waals surface area (Å²) in [5, 5.41) is 3.11. The van der Waals surface area contributed by atoms with Crippen LogP contribution in [0.4, 0.5) is 0 Å². The van der Waals surface area contributed by atoms with Crippen LogP contribution in [0, 0.1) is 0 Å². The van der Waals surface area contributed by atoms with Crippen LogP contribution in [0.15, 0.2) is 73.3 Å². The zero-order valence-corrected chi connectivity index (χ0v) is 14.4. The van der Waals surface area contributed by atoms with E-state index >= 15 is 0 Å². The van der Waals surface area contributed by atoms with E-state index in [-0.39, 0.29) is 18.5 Å². The van der Waals surface area contributed by atoms with Crippen molar-refractivity contribution >= 4 is 16.9 Å². The molecular formula is C20H19N5O. The van der Waals surface area contributed by atoms with Crippen molar-refractivity contribution in [3.8, 4) is 0 Å². The molecule has 6 nitrogen and oxygen atoms in total. The lowest BCUT2D eigenvalue weighted by Gasteiger charge is -2.19. The highest BCUT2D eigenvalue weighted by Gasteiger charge is 2.20. The highest BCUT2D eigenvalue weighted by Crippen LogP contribution is 2.20. The number of para-hydroxylation sites is 2. The van der Waals surface area contributed by atoms with E-state index in [1.807, 2.05) is 77.0 Å². The number of hydrogen-bond donors (Lipinski definition) is 1. The molecule has 130 valence electrons. The van der Waals surface area contributed by atoms with Crippen molar-refractivity contribution in [2.24, 2.45) is 7.05 Å². The Hall–Kier alpha value is -3.41. The SMILES string of the molecule is Cn1ccnc1C(NC(=O)Cn1cnc2ccccc21)c1ccccc1. The molecule has 0 aliphatic rings. The first-order chi connectivity index (χ1) is 12.7. The topological polar surface area (TPSA) is 64.7 Å². The Morgan fingerprint density at radius 2 is 1.85 bits per heavy atom. The second-order valence-electron chi connectivity index (χ2n) is 6.17. The lowest BCUT2D eigenvalue weighted by atomic mass is 10.1. The Bertz CT molecular complexity index is 1030. The number of hydrogen-bond acceptors (Lipinski definition) is 3. The summed E-state index contributed by atoms with van der Waals surface area (Å²) in [5.41, 5.74) is 2.81. The minimum Gasteiger partial charge on any atom is -0.341 e. The summed E-state index contributed by atoms with van der Waals surface area (Å²) in [6.07, 6.45) is 5.31. The average Bonchev–Trinajstić information content (AvgIpc) is 3.27. The third kappa shape index (κ3) is 3.09. The predicted molar refractivity (Wildman–Crippen MR) is 99.4 cm³/mol. The lowest BCUT2D eigenvalue weighted by molar-refractivity contribution is -0.122. The summed E-state index contributed by atoms with van der Waals surface area (Å²) in [6.45, 7) is 0.203. The van der Waals surface area contributed by atoms with Gasteiger partial charge in [-0.15, -0.1) is 0 Å². The van der Waals surface area contributed by atoms with E-state index in [9.17, 15) is 4.79 Å². The van der Waals surface area contributed by atoms with Gasteiger partial charge >= 0.3 is 0 Å². The zero-order chi connectivity index (χ0) is 17.9. The molecule has 1 N–H and O–H groups in total. The molecule has 2 heterocycles. The van der Waals surface area contributed by atoms with Crippen LogP contribution in [-0.4, -0.2) is 25.0 Å². The summed E-state index contributed by atoms with van der Waals surface area (Å²) in [5.74, 6) is 0.699. The Labute approximate surface area is 151 Å². The molecule has 2 aromatic heterocycles. The minimum atomic E-state index is -0.307. The largest absolute Gasteiger partial charge is 0.341 e. The number of benzene rings is 2. The summed E-state index contributed by atoms with van der Waals surface area (Å²) in [4.78, 5) is 21.5. The van der Waals surface area contributed by atoms with Crippen LogP contribution in [0.3, 0.4) is 0 Å². The number of nitrogens with zero attached hydrogens (tertiary/aromatic N) is 4. The van der Waals surface area contributed by atoms with E-state index in [0.717, 1.165) is 22.4 Å². The standard InChI is InChI=1S/C20H19N5O/c1-24-12-11-21-20(24)19(15-7-3-2-4-8-15)23-18(26)13-25-14-22-16-9-5-6-10-17(16)25/h2-12,14,19H,13H2,1H3,(H,23,26). The molecule has 0 bridgehead atoms. The smallest absolute Gasteiger partial charge is 0.240 e. The molecule has 4 rings (SSSR count). The van der Waals surface area contributed by atoms with Crippen LogP contribution in [0.1, 0.15) is 17.4 Å². The van der Waals surface area contributed by atoms with Gasteiger partial charge in [0.15, 0.2) is 0 Å². The van der Waals surface area contributed by atoms with E-state index in [2.05, 4.69) is 15.3 Å². The van der Waals surface area contributed by atoms with Gasteiger partial charge in [-0.05, 0) is 17.7 Å². The quantitative estimate of drug-likeness (QED) is 0.605. The highest BCUT2D eigenvalue weighted by atomic mass is 16.2. The lowest BCUT2D eigenvalue weighted by Crippen LogP contribution is -2.33. The number of nitrogens with one attached hydrogen (secondary N) is 1. The molecule has 4 aromatic rings. The van der Waals surface area contributed by atoms with Gasteiger partial charge in [0.05, 0.1) is 17.4 Å². The third-order valence-electron chi connectivity index (χ3n) is 4.40. The Kier molecular flexibility index (Phi) is 4.23. The number of fused-ring (bicyclic) bond motifs is 1. The van der Waals surface area contributed by atoms with Gasteiger partial charge in [-0.1, -0.05) is 42.5 Å². The van der Waals surface area contributed by atoms with Crippen LogP contribution < -0.4 is 5.32 Å². The second kappa shape index (κ2) is 6.84. The Morgan fingerprint density at radius 3 is 2.62 bits per heavy atom. The third-order valence-corrected chi connectivity index (χ3v) is 4.40. The van der Waals surface area contributed by atoms with Crippen molar-refractivity contribution in [2.45, 2.75) is 12.6 Å². The maximum Gasteiger partial charge on any atom is 0.240 e. The number of carbonyl (C=O) groups excluding carboxylic acids is 1. The second-order valence-corrected chi connectivity index (χ2v) is 6.17. The highest BCUT2D eigenvalue weighted by molar-refractivity contribution is 5.81. The van der Waals surface area contributed by atoms with Gasteiger partial charge in [-0.2, -0.15) is 0 Å². The monoisotopic (exact) mass is 345 g/mol. The molecule has 1 atom stereocenters. The van der Waals surface area contributed by atoms with Crippen molar-refractivity contribution < 1.29 is 4.79 Å². The van der Waals surface area contributed by atoms with Crippen LogP contribution in [0.25, 0.3) is 11.0 Å². The minimum absolute atomic E-state index is 0.0926. The van der Waals surface area contributed by atoms with E-state index in [1.54, 1.807) is 12.5 Å². The molecule has 1 unspecified atom stereocenters. The molecule has 0 saturated heterocycles. The fourth-order valence-corrected chi connectivity index (χ4v) is 3.10. The first-order valence-electron chi connectivity index (χ1n) is 8.44. The fraction of sp³-hybridized carbons (Fsp3) is 0.150. The van der Waals surface area contributed by atoms with Crippen molar-refractivity contribution in [1.29, 1.82) is 0 Å². The maximum absolute atomic E-state index is 12.7. The molecule has 0 radical (unpaired) electrons. The van der Waals surface area contributed by atoms with Crippen molar-refractivity contribution in [3.05, 3.63) is 84.7 Å². The normalized spacial score (nSPS) is 12.2. The molecule has 26 heavy (non-hydrogen) atoms. The summed E-state index contributed by atoms with van der Waals surface area (Å²) < 4.78 is 3.77. The van der Waals surface area contributed by atoms with Crippen LogP contribution in [0.2, 0.25) is 0 Å². The van der Waals surface area contributed by atoms with E-state index in [0.29, 0.717) is 0 Å². The van der Waals surface area contributed by atoms with Crippen molar-refractivity contribution in [3.63, 3.8) is 0 Å². The molecule has 0 fully saturated rings. The van der Waals surface area contributed by atoms with Crippen LogP contribution in [-0.2, 0) is 18.4 Å². The average molecular weight is 345 g/mol. The predicted octanol–water partition coefficient (Wildman–Crippen LogP) is 2.68. The zero-order valence-electron chi connectivity index (χ0n) is 14.4. The van der Waals surface area contributed by atoms with E-state index in [1.165, 1.54) is 0 Å². The van der Waals surface area contributed by atoms with Crippen molar-refractivity contribution in [1.82, 2.24) is 24.4 Å². The summed E-state index contributed by atoms with van der Waals surface area (Å²) in [6, 6.07) is 17.3. The molecule has 0 spiro atoms. The summed E-state index contributed by atoms with van der Waals surface area (Å²) >= 11 is 0. The van der Waals surface area contributed by atoms with Crippen LogP contribution in [0.5, 0.6) is 0 Å². The Balaban J connectivity index is 1.59. The molecule has 2 aromatic carbocycles. The Morgan fingerprint density at radius 1 is 1.08 bits per heavy atom. The number of aryl methyl sites for hydroxylation is 1. The van der Waals surface area contributed by atoms with Gasteiger partial charge in [-0.25, -0.2) is 9.97 Å². The van der Waals surface area contributed by atoms with Gasteiger partial charge in [0, 0.05) is 19.4 Å². The molecule has 0 aliphatic heterocycles. The van der Waals surface area contributed by atoms with Gasteiger partial charge in [0.2, 0.25) is 5.91 Å². The number of rotatable bonds is 5. The van der Waals surface area contributed by atoms with Gasteiger partial charge in [0.25, 0.3) is 0 Å². The van der Waals surface area contributed by atoms with Gasteiger partial charge < -0.3 is 14.5 Å². The first-order valence-corrected chi connectivity index (χ1v) is 8.44. The number of amides is 1. The van der Waals surface area contributed by atoms with Gasteiger partial charge in [-0.3, -0.25) is 4.79 Å². The molecule has 0 saturated carbocycles. The van der Waals surface area contributed by atoms with Crippen molar-refractivity contribution in [2.75, 3.05) is 0 Å². The molecular weight excluding hydrogens is 326 g/mol. The molecule has 1 amide bonds. The molecule has 6 heteroatoms. The number of aromatic nitrogens is 4. The van der Waals surface area contributed by atoms with E-state index < -0.39 is 0 Å². The number of imidazole rings is 2. The van der Waals surface area contributed by atoms with Crippen LogP contribution >= 0.6 is 0 Å². The van der Waals surface area contributed by atoms with E-state index in [4.69, 9.17) is 0 Å².